The molecule has 5 nitrogen and oxygen atoms in total. The highest BCUT2D eigenvalue weighted by Crippen LogP contribution is 2.44. The summed E-state index contributed by atoms with van der Waals surface area (Å²) < 4.78 is 5.01. The van der Waals surface area contributed by atoms with E-state index in [1.165, 1.54) is 0 Å². The molecule has 1 aromatic rings. The topological polar surface area (TPSA) is 63.7 Å². The maximum absolute atomic E-state index is 12.4. The summed E-state index contributed by atoms with van der Waals surface area (Å²) in [6.45, 7) is 1.72. The summed E-state index contributed by atoms with van der Waals surface area (Å²) in [7, 11) is 0. The molecule has 2 amide bonds. The third-order valence-corrected chi connectivity index (χ3v) is 5.29. The SMILES string of the molecule is CCCCCOC(=O)CN1C(=O)c2c(Cl)c(Cl)c(Cl)c(Cl)c2C1=O. The molecule has 0 saturated carbocycles. The molecule has 0 bridgehead atoms. The average molecular weight is 413 g/mol. The van der Waals surface area contributed by atoms with Gasteiger partial charge in [-0.25, -0.2) is 0 Å². The Hall–Kier alpha value is -1.01. The van der Waals surface area contributed by atoms with Crippen LogP contribution in [0.2, 0.25) is 20.1 Å². The first-order valence-electron chi connectivity index (χ1n) is 7.19. The molecular weight excluding hydrogens is 400 g/mol. The smallest absolute Gasteiger partial charge is 0.326 e. The fourth-order valence-electron chi connectivity index (χ4n) is 2.25. The first-order valence-corrected chi connectivity index (χ1v) is 8.70. The maximum atomic E-state index is 12.4. The molecule has 0 aliphatic carbocycles. The molecule has 0 saturated heterocycles. The number of benzene rings is 1. The van der Waals surface area contributed by atoms with E-state index in [0.29, 0.717) is 6.42 Å². The third kappa shape index (κ3) is 3.49. The number of carbonyl (C=O) groups excluding carboxylic acids is 3. The number of hydrogen-bond acceptors (Lipinski definition) is 4. The molecule has 24 heavy (non-hydrogen) atoms. The Morgan fingerprint density at radius 2 is 1.42 bits per heavy atom. The number of rotatable bonds is 6. The number of imide groups is 1. The lowest BCUT2D eigenvalue weighted by atomic mass is 10.1. The Bertz CT molecular complexity index is 673. The first-order chi connectivity index (χ1) is 11.3. The second-order valence-corrected chi connectivity index (χ2v) is 6.64. The van der Waals surface area contributed by atoms with Crippen LogP contribution in [0.4, 0.5) is 0 Å². The summed E-state index contributed by atoms with van der Waals surface area (Å²) in [4.78, 5) is 37.4. The molecule has 0 radical (unpaired) electrons. The van der Waals surface area contributed by atoms with Crippen LogP contribution in [-0.2, 0) is 9.53 Å². The van der Waals surface area contributed by atoms with Crippen molar-refractivity contribution in [1.29, 1.82) is 0 Å². The van der Waals surface area contributed by atoms with Gasteiger partial charge in [-0.3, -0.25) is 19.3 Å². The number of esters is 1. The van der Waals surface area contributed by atoms with Gasteiger partial charge in [0.15, 0.2) is 0 Å². The van der Waals surface area contributed by atoms with Gasteiger partial charge in [0, 0.05) is 0 Å². The quantitative estimate of drug-likeness (QED) is 0.224. The lowest BCUT2D eigenvalue weighted by molar-refractivity contribution is -0.144. The normalized spacial score (nSPS) is 13.5. The summed E-state index contributed by atoms with van der Waals surface area (Å²) in [6, 6.07) is 0. The van der Waals surface area contributed by atoms with E-state index < -0.39 is 24.3 Å². The minimum absolute atomic E-state index is 0.118. The van der Waals surface area contributed by atoms with Crippen molar-refractivity contribution >= 4 is 64.2 Å². The molecule has 1 aromatic carbocycles. The maximum Gasteiger partial charge on any atom is 0.326 e. The van der Waals surface area contributed by atoms with Crippen LogP contribution >= 0.6 is 46.4 Å². The van der Waals surface area contributed by atoms with Crippen molar-refractivity contribution in [3.05, 3.63) is 31.2 Å². The van der Waals surface area contributed by atoms with Crippen molar-refractivity contribution in [2.24, 2.45) is 0 Å². The van der Waals surface area contributed by atoms with E-state index in [1.54, 1.807) is 0 Å². The van der Waals surface area contributed by atoms with E-state index in [-0.39, 0.29) is 37.8 Å². The molecule has 0 aromatic heterocycles. The second-order valence-electron chi connectivity index (χ2n) is 5.13. The van der Waals surface area contributed by atoms with Gasteiger partial charge in [0.2, 0.25) is 0 Å². The zero-order valence-corrected chi connectivity index (χ0v) is 15.7. The monoisotopic (exact) mass is 411 g/mol. The lowest BCUT2D eigenvalue weighted by Gasteiger charge is -2.13. The average Bonchev–Trinajstić information content (AvgIpc) is 2.79. The number of carbonyl (C=O) groups is 3. The van der Waals surface area contributed by atoms with Gasteiger partial charge in [-0.15, -0.1) is 0 Å². The van der Waals surface area contributed by atoms with Crippen LogP contribution in [0.1, 0.15) is 46.9 Å². The number of halogens is 4. The van der Waals surface area contributed by atoms with Crippen LogP contribution in [0.25, 0.3) is 0 Å². The van der Waals surface area contributed by atoms with Crippen molar-refractivity contribution in [2.45, 2.75) is 26.2 Å². The molecular formula is C15H13Cl4NO4. The van der Waals surface area contributed by atoms with Crippen LogP contribution in [-0.4, -0.2) is 35.8 Å². The standard InChI is InChI=1S/C15H13Cl4NO4/c1-2-3-4-5-24-7(21)6-20-14(22)8-9(15(20)23)11(17)13(19)12(18)10(8)16/h2-6H2,1H3. The van der Waals surface area contributed by atoms with Gasteiger partial charge in [-0.2, -0.15) is 0 Å². The molecule has 1 aliphatic rings. The molecule has 0 atom stereocenters. The highest BCUT2D eigenvalue weighted by molar-refractivity contribution is 6.55. The molecule has 0 fully saturated rings. The second kappa shape index (κ2) is 7.91. The van der Waals surface area contributed by atoms with Crippen LogP contribution in [0.3, 0.4) is 0 Å². The summed E-state index contributed by atoms with van der Waals surface area (Å²) in [5, 5.41) is -0.573. The number of nitrogens with zero attached hydrogens (tertiary/aromatic N) is 1. The van der Waals surface area contributed by atoms with Gasteiger partial charge in [-0.05, 0) is 6.42 Å². The molecule has 0 N–H and O–H groups in total. The van der Waals surface area contributed by atoms with E-state index in [2.05, 4.69) is 0 Å². The Labute approximate surface area is 158 Å². The van der Waals surface area contributed by atoms with Crippen LogP contribution in [0.5, 0.6) is 0 Å². The van der Waals surface area contributed by atoms with Crippen molar-refractivity contribution in [3.63, 3.8) is 0 Å². The summed E-state index contributed by atoms with van der Waals surface area (Å²) >= 11 is 23.8. The van der Waals surface area contributed by atoms with Crippen LogP contribution < -0.4 is 0 Å². The van der Waals surface area contributed by atoms with E-state index in [4.69, 9.17) is 51.1 Å². The minimum Gasteiger partial charge on any atom is -0.464 e. The largest absolute Gasteiger partial charge is 0.464 e. The van der Waals surface area contributed by atoms with E-state index in [9.17, 15) is 14.4 Å². The zero-order valence-electron chi connectivity index (χ0n) is 12.6. The summed E-state index contributed by atoms with van der Waals surface area (Å²) in [5.41, 5.74) is -0.306. The highest BCUT2D eigenvalue weighted by Gasteiger charge is 2.42. The highest BCUT2D eigenvalue weighted by atomic mass is 35.5. The molecule has 9 heteroatoms. The van der Waals surface area contributed by atoms with Gasteiger partial charge in [0.05, 0.1) is 37.8 Å². The fraction of sp³-hybridized carbons (Fsp3) is 0.400. The summed E-state index contributed by atoms with van der Waals surface area (Å²) in [6.07, 6.45) is 2.62. The Balaban J connectivity index is 2.20. The van der Waals surface area contributed by atoms with Gasteiger partial charge >= 0.3 is 5.97 Å². The number of fused-ring (bicyclic) bond motifs is 1. The Morgan fingerprint density at radius 3 is 1.88 bits per heavy atom. The zero-order chi connectivity index (χ0) is 18.0. The van der Waals surface area contributed by atoms with Gasteiger partial charge in [0.1, 0.15) is 6.54 Å². The number of unbranched alkanes of at least 4 members (excludes halogenated alkanes) is 2. The first kappa shape index (κ1) is 19.3. The van der Waals surface area contributed by atoms with Crippen LogP contribution in [0, 0.1) is 0 Å². The van der Waals surface area contributed by atoms with Gasteiger partial charge in [-0.1, -0.05) is 66.2 Å². The molecule has 0 unspecified atom stereocenters. The van der Waals surface area contributed by atoms with Crippen molar-refractivity contribution < 1.29 is 19.1 Å². The Kier molecular flexibility index (Phi) is 6.37. The summed E-state index contributed by atoms with van der Waals surface area (Å²) in [5.74, 6) is -2.21. The molecule has 2 rings (SSSR count). The third-order valence-electron chi connectivity index (χ3n) is 3.48. The fourth-order valence-corrected chi connectivity index (χ4v) is 3.27. The molecule has 1 heterocycles. The van der Waals surface area contributed by atoms with E-state index in [1.807, 2.05) is 6.92 Å². The van der Waals surface area contributed by atoms with Crippen molar-refractivity contribution in [1.82, 2.24) is 4.90 Å². The lowest BCUT2D eigenvalue weighted by Crippen LogP contribution is -2.35. The number of ether oxygens (including phenoxy) is 1. The Morgan fingerprint density at radius 1 is 0.917 bits per heavy atom. The van der Waals surface area contributed by atoms with E-state index >= 15 is 0 Å². The number of hydrogen-bond donors (Lipinski definition) is 0. The van der Waals surface area contributed by atoms with Crippen molar-refractivity contribution in [3.8, 4) is 0 Å². The molecule has 1 aliphatic heterocycles. The predicted octanol–water partition coefficient (Wildman–Crippen LogP) is 4.63. The van der Waals surface area contributed by atoms with Gasteiger partial charge < -0.3 is 4.74 Å². The van der Waals surface area contributed by atoms with Gasteiger partial charge in [0.25, 0.3) is 11.8 Å². The molecule has 0 spiro atoms. The minimum atomic E-state index is -0.758. The van der Waals surface area contributed by atoms with Crippen molar-refractivity contribution in [2.75, 3.05) is 13.2 Å². The van der Waals surface area contributed by atoms with E-state index in [0.717, 1.165) is 17.7 Å². The molecule has 130 valence electrons. The number of amides is 2. The predicted molar refractivity (Wildman–Crippen MR) is 92.3 cm³/mol. The van der Waals surface area contributed by atoms with Crippen LogP contribution in [0.15, 0.2) is 0 Å².